The average Bonchev–Trinajstić information content (AvgIpc) is 2.68. The van der Waals surface area contributed by atoms with Gasteiger partial charge < -0.3 is 5.32 Å². The number of pyridine rings is 1. The lowest BCUT2D eigenvalue weighted by Gasteiger charge is -2.15. The van der Waals surface area contributed by atoms with Gasteiger partial charge in [0.15, 0.2) is 5.82 Å². The van der Waals surface area contributed by atoms with Gasteiger partial charge in [-0.05, 0) is 36.8 Å². The zero-order chi connectivity index (χ0) is 17.5. The number of nitrogens with one attached hydrogen (secondary N) is 1. The molecular formula is C21H19N3O. The molecule has 0 spiro atoms. The monoisotopic (exact) mass is 329 g/mol. The minimum absolute atomic E-state index is 0.107. The Hall–Kier alpha value is -3.27. The molecule has 1 amide bonds. The van der Waals surface area contributed by atoms with Crippen LogP contribution in [-0.4, -0.2) is 16.6 Å². The first-order valence-corrected chi connectivity index (χ1v) is 8.15. The summed E-state index contributed by atoms with van der Waals surface area (Å²) < 4.78 is 0. The Morgan fingerprint density at radius 2 is 1.56 bits per heavy atom. The highest BCUT2D eigenvalue weighted by Crippen LogP contribution is 2.17. The summed E-state index contributed by atoms with van der Waals surface area (Å²) >= 11 is 0. The molecule has 1 aromatic heterocycles. The molecule has 0 bridgehead atoms. The van der Waals surface area contributed by atoms with Crippen LogP contribution < -0.4 is 5.32 Å². The van der Waals surface area contributed by atoms with Gasteiger partial charge in [-0.25, -0.2) is 9.98 Å². The topological polar surface area (TPSA) is 54.4 Å². The summed E-state index contributed by atoms with van der Waals surface area (Å²) in [6.07, 6.45) is 1.69. The molecule has 1 unspecified atom stereocenters. The highest BCUT2D eigenvalue weighted by Gasteiger charge is 2.21. The van der Waals surface area contributed by atoms with Crippen LogP contribution in [0.5, 0.6) is 0 Å². The fourth-order valence-electron chi connectivity index (χ4n) is 2.46. The van der Waals surface area contributed by atoms with Crippen molar-refractivity contribution in [2.24, 2.45) is 10.9 Å². The van der Waals surface area contributed by atoms with Gasteiger partial charge in [0, 0.05) is 11.9 Å². The Morgan fingerprint density at radius 3 is 2.20 bits per heavy atom. The molecule has 3 rings (SSSR count). The molecule has 25 heavy (non-hydrogen) atoms. The molecule has 4 heteroatoms. The van der Waals surface area contributed by atoms with E-state index in [9.17, 15) is 4.79 Å². The first-order valence-electron chi connectivity index (χ1n) is 8.15. The molecule has 4 nitrogen and oxygen atoms in total. The van der Waals surface area contributed by atoms with Crippen molar-refractivity contribution in [3.63, 3.8) is 0 Å². The maximum Gasteiger partial charge on any atom is 0.233 e. The van der Waals surface area contributed by atoms with Crippen molar-refractivity contribution in [3.05, 3.63) is 90.6 Å². The van der Waals surface area contributed by atoms with E-state index in [1.165, 1.54) is 0 Å². The average molecular weight is 329 g/mol. The zero-order valence-corrected chi connectivity index (χ0v) is 14.0. The Morgan fingerprint density at radius 1 is 0.920 bits per heavy atom. The molecule has 0 aliphatic rings. The lowest BCUT2D eigenvalue weighted by Crippen LogP contribution is -2.28. The predicted molar refractivity (Wildman–Crippen MR) is 101 cm³/mol. The predicted octanol–water partition coefficient (Wildman–Crippen LogP) is 4.48. The van der Waals surface area contributed by atoms with Gasteiger partial charge in [0.2, 0.25) is 5.91 Å². The summed E-state index contributed by atoms with van der Waals surface area (Å²) in [5, 5.41) is 2.94. The minimum atomic E-state index is -0.426. The van der Waals surface area contributed by atoms with Crippen molar-refractivity contribution in [3.8, 4) is 0 Å². The summed E-state index contributed by atoms with van der Waals surface area (Å²) in [7, 11) is 0. The molecular weight excluding hydrogens is 310 g/mol. The van der Waals surface area contributed by atoms with Crippen molar-refractivity contribution in [2.45, 2.75) is 6.92 Å². The lowest BCUT2D eigenvalue weighted by molar-refractivity contribution is -0.117. The number of carbonyl (C=O) groups is 1. The fourth-order valence-corrected chi connectivity index (χ4v) is 2.46. The first-order chi connectivity index (χ1) is 12.2. The van der Waals surface area contributed by atoms with E-state index in [1.54, 1.807) is 6.20 Å². The van der Waals surface area contributed by atoms with E-state index in [0.29, 0.717) is 11.5 Å². The Bertz CT molecular complexity index is 846. The molecule has 1 heterocycles. The quantitative estimate of drug-likeness (QED) is 0.702. The van der Waals surface area contributed by atoms with E-state index in [1.807, 2.05) is 85.8 Å². The number of benzene rings is 2. The van der Waals surface area contributed by atoms with Crippen LogP contribution in [0.1, 0.15) is 12.5 Å². The summed E-state index contributed by atoms with van der Waals surface area (Å²) in [4.78, 5) is 21.6. The molecule has 2 aromatic carbocycles. The number of aliphatic imine (C=N–C) groups is 1. The standard InChI is InChI=1S/C21H19N3O/c1-16(21(25)23-18-12-6-3-7-13-18)20(17-10-4-2-5-11-17)24-19-14-8-9-15-22-19/h2-16H,1H3,(H,23,25)/b24-20+. The summed E-state index contributed by atoms with van der Waals surface area (Å²) in [6.45, 7) is 1.85. The molecule has 0 fully saturated rings. The number of para-hydroxylation sites is 1. The number of aromatic nitrogens is 1. The molecule has 0 aliphatic carbocycles. The molecule has 0 radical (unpaired) electrons. The second-order valence-electron chi connectivity index (χ2n) is 5.63. The highest BCUT2D eigenvalue weighted by atomic mass is 16.1. The van der Waals surface area contributed by atoms with Crippen molar-refractivity contribution in [2.75, 3.05) is 5.32 Å². The normalized spacial score (nSPS) is 12.4. The fraction of sp³-hybridized carbons (Fsp3) is 0.0952. The summed E-state index contributed by atoms with van der Waals surface area (Å²) in [6, 6.07) is 24.7. The van der Waals surface area contributed by atoms with Crippen LogP contribution in [0, 0.1) is 5.92 Å². The molecule has 0 aliphatic heterocycles. The van der Waals surface area contributed by atoms with Crippen molar-refractivity contribution in [1.29, 1.82) is 0 Å². The van der Waals surface area contributed by atoms with Crippen molar-refractivity contribution in [1.82, 2.24) is 4.98 Å². The summed E-state index contributed by atoms with van der Waals surface area (Å²) in [5.41, 5.74) is 2.36. The van der Waals surface area contributed by atoms with Crippen LogP contribution in [-0.2, 0) is 4.79 Å². The van der Waals surface area contributed by atoms with Gasteiger partial charge in [-0.1, -0.05) is 54.6 Å². The van der Waals surface area contributed by atoms with Crippen molar-refractivity contribution < 1.29 is 4.79 Å². The third-order valence-corrected chi connectivity index (χ3v) is 3.80. The number of rotatable bonds is 5. The van der Waals surface area contributed by atoms with Gasteiger partial charge in [0.05, 0.1) is 11.6 Å². The van der Waals surface area contributed by atoms with Gasteiger partial charge in [0.1, 0.15) is 0 Å². The number of hydrogen-bond acceptors (Lipinski definition) is 3. The Balaban J connectivity index is 1.91. The Labute approximate surface area is 147 Å². The van der Waals surface area contributed by atoms with Crippen LogP contribution in [0.3, 0.4) is 0 Å². The van der Waals surface area contributed by atoms with Crippen LogP contribution in [0.15, 0.2) is 90.1 Å². The largest absolute Gasteiger partial charge is 0.326 e. The van der Waals surface area contributed by atoms with Gasteiger partial charge in [-0.3, -0.25) is 4.79 Å². The molecule has 1 N–H and O–H groups in total. The maximum absolute atomic E-state index is 12.7. The smallest absolute Gasteiger partial charge is 0.233 e. The second kappa shape index (κ2) is 8.02. The SMILES string of the molecule is CC(C(=O)Nc1ccccc1)/C(=N\c1ccccn1)c1ccccc1. The highest BCUT2D eigenvalue weighted by molar-refractivity contribution is 6.16. The number of amides is 1. The number of carbonyl (C=O) groups excluding carboxylic acids is 1. The minimum Gasteiger partial charge on any atom is -0.326 e. The van der Waals surface area contributed by atoms with Crippen molar-refractivity contribution >= 4 is 23.1 Å². The second-order valence-corrected chi connectivity index (χ2v) is 5.63. The van der Waals surface area contributed by atoms with E-state index in [-0.39, 0.29) is 5.91 Å². The number of nitrogens with zero attached hydrogens (tertiary/aromatic N) is 2. The van der Waals surface area contributed by atoms with Gasteiger partial charge in [-0.2, -0.15) is 0 Å². The number of anilines is 1. The van der Waals surface area contributed by atoms with E-state index in [0.717, 1.165) is 11.3 Å². The van der Waals surface area contributed by atoms with Gasteiger partial charge in [-0.15, -0.1) is 0 Å². The third-order valence-electron chi connectivity index (χ3n) is 3.80. The number of hydrogen-bond donors (Lipinski definition) is 1. The maximum atomic E-state index is 12.7. The molecule has 124 valence electrons. The molecule has 0 saturated heterocycles. The van der Waals surface area contributed by atoms with Crippen LogP contribution in [0.4, 0.5) is 11.5 Å². The summed E-state index contributed by atoms with van der Waals surface area (Å²) in [5.74, 6) is 0.0510. The van der Waals surface area contributed by atoms with E-state index in [2.05, 4.69) is 15.3 Å². The van der Waals surface area contributed by atoms with Crippen LogP contribution in [0.25, 0.3) is 0 Å². The van der Waals surface area contributed by atoms with E-state index >= 15 is 0 Å². The van der Waals surface area contributed by atoms with Gasteiger partial charge in [0.25, 0.3) is 0 Å². The molecule has 0 saturated carbocycles. The zero-order valence-electron chi connectivity index (χ0n) is 14.0. The Kier molecular flexibility index (Phi) is 5.32. The van der Waals surface area contributed by atoms with Crippen LogP contribution in [0.2, 0.25) is 0 Å². The van der Waals surface area contributed by atoms with Crippen LogP contribution >= 0.6 is 0 Å². The molecule has 3 aromatic rings. The van der Waals surface area contributed by atoms with E-state index in [4.69, 9.17) is 0 Å². The molecule has 1 atom stereocenters. The van der Waals surface area contributed by atoms with E-state index < -0.39 is 5.92 Å². The van der Waals surface area contributed by atoms with Gasteiger partial charge >= 0.3 is 0 Å². The third kappa shape index (κ3) is 4.38. The lowest BCUT2D eigenvalue weighted by atomic mass is 9.97. The first kappa shape index (κ1) is 16.6.